The fraction of sp³-hybridized carbons (Fsp3) is 0.231. The molecule has 0 unspecified atom stereocenters. The Labute approximate surface area is 110 Å². The number of benzene rings is 1. The first-order chi connectivity index (χ1) is 8.49. The summed E-state index contributed by atoms with van der Waals surface area (Å²) in [6, 6.07) is 5.53. The number of carboxylic acid groups (broad SMARTS) is 1. The van der Waals surface area contributed by atoms with Crippen LogP contribution in [-0.2, 0) is 11.2 Å². The van der Waals surface area contributed by atoms with Crippen LogP contribution in [0.5, 0.6) is 0 Å². The molecule has 0 bridgehead atoms. The zero-order valence-corrected chi connectivity index (χ0v) is 10.9. The monoisotopic (exact) mass is 264 g/mol. The third-order valence-electron chi connectivity index (χ3n) is 2.84. The molecule has 0 spiro atoms. The molecule has 2 aromatic rings. The van der Waals surface area contributed by atoms with Crippen molar-refractivity contribution < 1.29 is 9.90 Å². The van der Waals surface area contributed by atoms with Gasteiger partial charge in [0.25, 0.3) is 0 Å². The number of aryl methyl sites for hydroxylation is 1. The SMILES string of the molecule is Cc1cc(Cl)ccc1-n1ncc(CC(=O)O)c1C. The zero-order valence-electron chi connectivity index (χ0n) is 10.1. The molecule has 1 aromatic heterocycles. The van der Waals surface area contributed by atoms with Gasteiger partial charge in [0.05, 0.1) is 18.3 Å². The van der Waals surface area contributed by atoms with Crippen LogP contribution in [0.1, 0.15) is 16.8 Å². The van der Waals surface area contributed by atoms with Crippen LogP contribution in [0, 0.1) is 13.8 Å². The van der Waals surface area contributed by atoms with Crippen molar-refractivity contribution in [1.29, 1.82) is 0 Å². The molecule has 2 rings (SSSR count). The largest absolute Gasteiger partial charge is 0.481 e. The van der Waals surface area contributed by atoms with Crippen molar-refractivity contribution in [2.24, 2.45) is 0 Å². The Hall–Kier alpha value is -1.81. The van der Waals surface area contributed by atoms with Crippen LogP contribution in [0.25, 0.3) is 5.69 Å². The predicted octanol–water partition coefficient (Wildman–Crippen LogP) is 2.77. The van der Waals surface area contributed by atoms with Gasteiger partial charge in [0.15, 0.2) is 0 Å². The first kappa shape index (κ1) is 12.6. The molecule has 0 aliphatic carbocycles. The lowest BCUT2D eigenvalue weighted by atomic mass is 10.1. The molecule has 0 fully saturated rings. The number of aromatic nitrogens is 2. The van der Waals surface area contributed by atoms with E-state index >= 15 is 0 Å². The van der Waals surface area contributed by atoms with Crippen LogP contribution in [-0.4, -0.2) is 20.9 Å². The summed E-state index contributed by atoms with van der Waals surface area (Å²) >= 11 is 5.91. The highest BCUT2D eigenvalue weighted by Gasteiger charge is 2.12. The number of carboxylic acids is 1. The highest BCUT2D eigenvalue weighted by Crippen LogP contribution is 2.21. The fourth-order valence-corrected chi connectivity index (χ4v) is 2.11. The standard InChI is InChI=1S/C13H13ClN2O2/c1-8-5-11(14)3-4-12(8)16-9(2)10(7-15-16)6-13(17)18/h3-5,7H,6H2,1-2H3,(H,17,18). The average Bonchev–Trinajstić information content (AvgIpc) is 2.60. The van der Waals surface area contributed by atoms with Crippen LogP contribution in [0.4, 0.5) is 0 Å². The maximum atomic E-state index is 10.7. The summed E-state index contributed by atoms with van der Waals surface area (Å²) in [6.45, 7) is 3.80. The summed E-state index contributed by atoms with van der Waals surface area (Å²) in [5.41, 5.74) is 3.46. The Morgan fingerprint density at radius 1 is 1.44 bits per heavy atom. The van der Waals surface area contributed by atoms with Crippen LogP contribution >= 0.6 is 11.6 Å². The molecule has 0 amide bonds. The summed E-state index contributed by atoms with van der Waals surface area (Å²) in [6.07, 6.45) is 1.58. The summed E-state index contributed by atoms with van der Waals surface area (Å²) < 4.78 is 1.74. The van der Waals surface area contributed by atoms with Crippen molar-refractivity contribution in [3.05, 3.63) is 46.2 Å². The molecule has 1 heterocycles. The Kier molecular flexibility index (Phi) is 3.39. The molecule has 0 aliphatic rings. The second-order valence-electron chi connectivity index (χ2n) is 4.17. The topological polar surface area (TPSA) is 55.1 Å². The first-order valence-electron chi connectivity index (χ1n) is 5.51. The molecule has 94 valence electrons. The molecule has 0 atom stereocenters. The Bertz CT molecular complexity index is 605. The molecule has 0 aliphatic heterocycles. The van der Waals surface area contributed by atoms with Crippen molar-refractivity contribution in [2.45, 2.75) is 20.3 Å². The Morgan fingerprint density at radius 2 is 2.17 bits per heavy atom. The van der Waals surface area contributed by atoms with Gasteiger partial charge in [-0.15, -0.1) is 0 Å². The van der Waals surface area contributed by atoms with E-state index in [-0.39, 0.29) is 6.42 Å². The summed E-state index contributed by atoms with van der Waals surface area (Å²) in [7, 11) is 0. The lowest BCUT2D eigenvalue weighted by Crippen LogP contribution is -2.04. The summed E-state index contributed by atoms with van der Waals surface area (Å²) in [5.74, 6) is -0.856. The van der Waals surface area contributed by atoms with E-state index in [2.05, 4.69) is 5.10 Å². The molecule has 1 aromatic carbocycles. The Morgan fingerprint density at radius 3 is 2.78 bits per heavy atom. The summed E-state index contributed by atoms with van der Waals surface area (Å²) in [4.78, 5) is 10.7. The van der Waals surface area contributed by atoms with Gasteiger partial charge >= 0.3 is 5.97 Å². The zero-order chi connectivity index (χ0) is 13.3. The normalized spacial score (nSPS) is 10.6. The van der Waals surface area contributed by atoms with E-state index in [1.165, 1.54) is 0 Å². The minimum atomic E-state index is -0.856. The summed E-state index contributed by atoms with van der Waals surface area (Å²) in [5, 5.41) is 13.7. The third-order valence-corrected chi connectivity index (χ3v) is 3.08. The smallest absolute Gasteiger partial charge is 0.307 e. The van der Waals surface area contributed by atoms with Gasteiger partial charge < -0.3 is 5.11 Å². The minimum Gasteiger partial charge on any atom is -0.481 e. The van der Waals surface area contributed by atoms with E-state index in [4.69, 9.17) is 16.7 Å². The number of aliphatic carboxylic acids is 1. The number of carbonyl (C=O) groups is 1. The number of hydrogen-bond acceptors (Lipinski definition) is 2. The van der Waals surface area contributed by atoms with Crippen molar-refractivity contribution in [2.75, 3.05) is 0 Å². The van der Waals surface area contributed by atoms with Crippen molar-refractivity contribution in [3.8, 4) is 5.69 Å². The Balaban J connectivity index is 2.45. The van der Waals surface area contributed by atoms with Gasteiger partial charge in [0.2, 0.25) is 0 Å². The first-order valence-corrected chi connectivity index (χ1v) is 5.88. The molecule has 18 heavy (non-hydrogen) atoms. The van der Waals surface area contributed by atoms with Crippen LogP contribution in [0.3, 0.4) is 0 Å². The molecular weight excluding hydrogens is 252 g/mol. The average molecular weight is 265 g/mol. The molecule has 0 radical (unpaired) electrons. The van der Waals surface area contributed by atoms with E-state index in [1.807, 2.05) is 26.0 Å². The van der Waals surface area contributed by atoms with Crippen LogP contribution in [0.2, 0.25) is 5.02 Å². The highest BCUT2D eigenvalue weighted by molar-refractivity contribution is 6.30. The predicted molar refractivity (Wildman–Crippen MR) is 69.4 cm³/mol. The maximum Gasteiger partial charge on any atom is 0.307 e. The van der Waals surface area contributed by atoms with Gasteiger partial charge in [0, 0.05) is 16.3 Å². The van der Waals surface area contributed by atoms with E-state index in [9.17, 15) is 4.79 Å². The van der Waals surface area contributed by atoms with E-state index < -0.39 is 5.97 Å². The number of halogens is 1. The molecular formula is C13H13ClN2O2. The van der Waals surface area contributed by atoms with Crippen LogP contribution in [0.15, 0.2) is 24.4 Å². The highest BCUT2D eigenvalue weighted by atomic mass is 35.5. The van der Waals surface area contributed by atoms with Gasteiger partial charge in [-0.25, -0.2) is 4.68 Å². The molecule has 5 heteroatoms. The number of rotatable bonds is 3. The van der Waals surface area contributed by atoms with E-state index in [0.29, 0.717) is 5.02 Å². The second kappa shape index (κ2) is 4.82. The molecule has 0 saturated heterocycles. The molecule has 1 N–H and O–H groups in total. The van der Waals surface area contributed by atoms with Gasteiger partial charge in [-0.3, -0.25) is 4.79 Å². The minimum absolute atomic E-state index is 0.0154. The van der Waals surface area contributed by atoms with Gasteiger partial charge in [-0.2, -0.15) is 5.10 Å². The molecule has 0 saturated carbocycles. The maximum absolute atomic E-state index is 10.7. The van der Waals surface area contributed by atoms with E-state index in [0.717, 1.165) is 22.5 Å². The third kappa shape index (κ3) is 2.38. The van der Waals surface area contributed by atoms with Gasteiger partial charge in [-0.1, -0.05) is 11.6 Å². The van der Waals surface area contributed by atoms with Gasteiger partial charge in [0.1, 0.15) is 0 Å². The number of hydrogen-bond donors (Lipinski definition) is 1. The van der Waals surface area contributed by atoms with Crippen molar-refractivity contribution in [1.82, 2.24) is 9.78 Å². The quantitative estimate of drug-likeness (QED) is 0.927. The van der Waals surface area contributed by atoms with E-state index in [1.54, 1.807) is 16.9 Å². The lowest BCUT2D eigenvalue weighted by molar-refractivity contribution is -0.136. The molecule has 4 nitrogen and oxygen atoms in total. The van der Waals surface area contributed by atoms with Crippen LogP contribution < -0.4 is 0 Å². The lowest BCUT2D eigenvalue weighted by Gasteiger charge is -2.08. The van der Waals surface area contributed by atoms with Gasteiger partial charge in [-0.05, 0) is 37.6 Å². The second-order valence-corrected chi connectivity index (χ2v) is 4.60. The number of nitrogens with zero attached hydrogens (tertiary/aromatic N) is 2. The van der Waals surface area contributed by atoms with Crippen molar-refractivity contribution in [3.63, 3.8) is 0 Å². The van der Waals surface area contributed by atoms with Crippen molar-refractivity contribution >= 4 is 17.6 Å². The fourth-order valence-electron chi connectivity index (χ4n) is 1.88.